The second-order valence-corrected chi connectivity index (χ2v) is 7.93. The van der Waals surface area contributed by atoms with Crippen molar-refractivity contribution < 1.29 is 9.66 Å². The van der Waals surface area contributed by atoms with Crippen molar-refractivity contribution in [1.29, 1.82) is 0 Å². The lowest BCUT2D eigenvalue weighted by Gasteiger charge is -2.03. The highest BCUT2D eigenvalue weighted by molar-refractivity contribution is 7.19. The second kappa shape index (κ2) is 9.07. The van der Waals surface area contributed by atoms with Gasteiger partial charge in [-0.05, 0) is 59.7 Å². The number of aliphatic imine (C=N–C) groups is 1. The topological polar surface area (TPSA) is 77.6 Å². The number of benzene rings is 3. The highest BCUT2D eigenvalue weighted by atomic mass is 35.5. The van der Waals surface area contributed by atoms with Gasteiger partial charge < -0.3 is 4.74 Å². The number of ether oxygens (including phenoxy) is 1. The van der Waals surface area contributed by atoms with Crippen LogP contribution in [0, 0.1) is 10.1 Å². The Morgan fingerprint density at radius 3 is 2.26 bits per heavy atom. The molecule has 0 aliphatic heterocycles. The Balaban J connectivity index is 1.73. The fourth-order valence-electron chi connectivity index (χ4n) is 2.92. The van der Waals surface area contributed by atoms with E-state index in [1.807, 2.05) is 36.4 Å². The summed E-state index contributed by atoms with van der Waals surface area (Å²) < 4.78 is 5.17. The molecule has 154 valence electrons. The zero-order valence-electron chi connectivity index (χ0n) is 16.4. The molecule has 4 rings (SSSR count). The van der Waals surface area contributed by atoms with Crippen molar-refractivity contribution in [2.45, 2.75) is 0 Å². The fraction of sp³-hybridized carbons (Fsp3) is 0.0435. The van der Waals surface area contributed by atoms with E-state index in [0.717, 1.165) is 33.0 Å². The summed E-state index contributed by atoms with van der Waals surface area (Å²) in [7, 11) is 1.62. The maximum atomic E-state index is 11.0. The van der Waals surface area contributed by atoms with E-state index >= 15 is 0 Å². The number of nitro benzene ring substituents is 1. The van der Waals surface area contributed by atoms with Crippen LogP contribution in [0.3, 0.4) is 0 Å². The summed E-state index contributed by atoms with van der Waals surface area (Å²) >= 11 is 7.45. The molecule has 0 atom stereocenters. The number of methoxy groups -OCH3 is 1. The first kappa shape index (κ1) is 20.7. The zero-order valence-corrected chi connectivity index (χ0v) is 17.9. The van der Waals surface area contributed by atoms with E-state index in [4.69, 9.17) is 21.3 Å². The molecule has 1 heterocycles. The van der Waals surface area contributed by atoms with Crippen LogP contribution in [0.1, 0.15) is 5.56 Å². The summed E-state index contributed by atoms with van der Waals surface area (Å²) in [5, 5.41) is 12.2. The van der Waals surface area contributed by atoms with Crippen LogP contribution in [-0.4, -0.2) is 23.2 Å². The molecule has 0 bridgehead atoms. The molecule has 0 amide bonds. The van der Waals surface area contributed by atoms with Gasteiger partial charge in [-0.3, -0.25) is 10.1 Å². The number of hydrogen-bond donors (Lipinski definition) is 0. The van der Waals surface area contributed by atoms with Crippen LogP contribution >= 0.6 is 22.9 Å². The van der Waals surface area contributed by atoms with Gasteiger partial charge in [0.1, 0.15) is 5.75 Å². The highest BCUT2D eigenvalue weighted by Gasteiger charge is 2.16. The van der Waals surface area contributed by atoms with Gasteiger partial charge in [-0.1, -0.05) is 35.1 Å². The highest BCUT2D eigenvalue weighted by Crippen LogP contribution is 2.40. The summed E-state index contributed by atoms with van der Waals surface area (Å²) in [6.07, 6.45) is 1.74. The minimum absolute atomic E-state index is 0.0408. The Kier molecular flexibility index (Phi) is 6.06. The monoisotopic (exact) mass is 449 g/mol. The maximum Gasteiger partial charge on any atom is 0.269 e. The molecule has 0 saturated heterocycles. The van der Waals surface area contributed by atoms with Crippen molar-refractivity contribution in [3.8, 4) is 27.4 Å². The third-order valence-corrected chi connectivity index (χ3v) is 5.78. The number of non-ortho nitro benzene ring substituents is 1. The summed E-state index contributed by atoms with van der Waals surface area (Å²) in [6, 6.07) is 21.4. The number of nitrogens with zero attached hydrogens (tertiary/aromatic N) is 3. The molecule has 0 radical (unpaired) electrons. The fourth-order valence-corrected chi connectivity index (χ4v) is 3.98. The lowest BCUT2D eigenvalue weighted by atomic mass is 10.1. The van der Waals surface area contributed by atoms with E-state index in [-0.39, 0.29) is 5.69 Å². The molecule has 31 heavy (non-hydrogen) atoms. The van der Waals surface area contributed by atoms with E-state index in [1.165, 1.54) is 23.5 Å². The smallest absolute Gasteiger partial charge is 0.269 e. The molecule has 1 aromatic heterocycles. The Bertz CT molecular complexity index is 1230. The van der Waals surface area contributed by atoms with Gasteiger partial charge in [0.25, 0.3) is 5.69 Å². The largest absolute Gasteiger partial charge is 0.497 e. The second-order valence-electron chi connectivity index (χ2n) is 6.52. The van der Waals surface area contributed by atoms with E-state index < -0.39 is 4.92 Å². The molecule has 0 spiro atoms. The van der Waals surface area contributed by atoms with Gasteiger partial charge in [0.15, 0.2) is 0 Å². The van der Waals surface area contributed by atoms with Gasteiger partial charge in [-0.15, -0.1) is 0 Å². The van der Waals surface area contributed by atoms with Crippen LogP contribution in [0.4, 0.5) is 10.8 Å². The molecule has 0 aliphatic carbocycles. The van der Waals surface area contributed by atoms with Crippen LogP contribution in [0.15, 0.2) is 77.8 Å². The molecule has 3 aromatic carbocycles. The summed E-state index contributed by atoms with van der Waals surface area (Å²) in [6.45, 7) is 0. The first-order chi connectivity index (χ1) is 15.0. The van der Waals surface area contributed by atoms with Crippen molar-refractivity contribution in [1.82, 2.24) is 4.98 Å². The Labute approximate surface area is 187 Å². The number of nitro groups is 1. The Morgan fingerprint density at radius 1 is 1.00 bits per heavy atom. The first-order valence-electron chi connectivity index (χ1n) is 9.23. The van der Waals surface area contributed by atoms with Crippen LogP contribution in [0.2, 0.25) is 5.02 Å². The van der Waals surface area contributed by atoms with E-state index in [9.17, 15) is 10.1 Å². The predicted molar refractivity (Wildman–Crippen MR) is 125 cm³/mol. The minimum atomic E-state index is -0.416. The Hall–Kier alpha value is -3.55. The van der Waals surface area contributed by atoms with Crippen LogP contribution in [0.5, 0.6) is 5.75 Å². The minimum Gasteiger partial charge on any atom is -0.497 e. The summed E-state index contributed by atoms with van der Waals surface area (Å²) in [4.78, 5) is 20.7. The lowest BCUT2D eigenvalue weighted by Crippen LogP contribution is -1.87. The third kappa shape index (κ3) is 4.79. The number of halogens is 1. The van der Waals surface area contributed by atoms with Crippen molar-refractivity contribution in [3.05, 3.63) is 93.5 Å². The standard InChI is InChI=1S/C23H16ClN3O3S/c1-30-20-12-2-15(3-13-20)14-25-23-26-21(16-4-8-18(24)9-5-16)22(31-23)17-6-10-19(11-7-17)27(28)29/h2-14H,1H3/b25-14-. The van der Waals surface area contributed by atoms with Crippen molar-refractivity contribution in [2.75, 3.05) is 7.11 Å². The maximum absolute atomic E-state index is 11.0. The predicted octanol–water partition coefficient (Wildman–Crippen LogP) is 6.80. The molecule has 0 fully saturated rings. The Morgan fingerprint density at radius 2 is 1.65 bits per heavy atom. The first-order valence-corrected chi connectivity index (χ1v) is 10.4. The van der Waals surface area contributed by atoms with Crippen LogP contribution in [0.25, 0.3) is 21.7 Å². The molecule has 0 N–H and O–H groups in total. The van der Waals surface area contributed by atoms with Crippen molar-refractivity contribution >= 4 is 40.0 Å². The van der Waals surface area contributed by atoms with Crippen LogP contribution in [-0.2, 0) is 0 Å². The molecule has 0 unspecified atom stereocenters. The zero-order chi connectivity index (χ0) is 21.8. The van der Waals surface area contributed by atoms with E-state index in [1.54, 1.807) is 37.6 Å². The molecule has 4 aromatic rings. The SMILES string of the molecule is COc1ccc(/C=N\c2nc(-c3ccc(Cl)cc3)c(-c3ccc([N+](=O)[O-])cc3)s2)cc1. The van der Waals surface area contributed by atoms with Crippen LogP contribution < -0.4 is 4.74 Å². The van der Waals surface area contributed by atoms with Gasteiger partial charge >= 0.3 is 0 Å². The number of aromatic nitrogens is 1. The van der Waals surface area contributed by atoms with Gasteiger partial charge in [0.05, 0.1) is 22.6 Å². The van der Waals surface area contributed by atoms with Gasteiger partial charge in [-0.2, -0.15) is 0 Å². The van der Waals surface area contributed by atoms with Gasteiger partial charge in [0, 0.05) is 28.9 Å². The molecular weight excluding hydrogens is 434 g/mol. The summed E-state index contributed by atoms with van der Waals surface area (Å²) in [5.41, 5.74) is 3.43. The molecule has 6 nitrogen and oxygen atoms in total. The molecule has 0 aliphatic rings. The van der Waals surface area contributed by atoms with E-state index in [0.29, 0.717) is 10.2 Å². The average Bonchev–Trinajstić information content (AvgIpc) is 3.23. The third-order valence-electron chi connectivity index (χ3n) is 4.51. The lowest BCUT2D eigenvalue weighted by molar-refractivity contribution is -0.384. The van der Waals surface area contributed by atoms with Crippen molar-refractivity contribution in [2.24, 2.45) is 4.99 Å². The summed E-state index contributed by atoms with van der Waals surface area (Å²) in [5.74, 6) is 0.775. The number of thiazole rings is 1. The number of rotatable bonds is 6. The molecule has 8 heteroatoms. The van der Waals surface area contributed by atoms with E-state index in [2.05, 4.69) is 4.99 Å². The van der Waals surface area contributed by atoms with Crippen molar-refractivity contribution in [3.63, 3.8) is 0 Å². The van der Waals surface area contributed by atoms with Gasteiger partial charge in [-0.25, -0.2) is 9.98 Å². The molecular formula is C23H16ClN3O3S. The quantitative estimate of drug-likeness (QED) is 0.184. The average molecular weight is 450 g/mol. The molecule has 0 saturated carbocycles. The number of hydrogen-bond acceptors (Lipinski definition) is 6. The van der Waals surface area contributed by atoms with Gasteiger partial charge in [0.2, 0.25) is 5.13 Å². The normalized spacial score (nSPS) is 11.0.